The van der Waals surface area contributed by atoms with Crippen molar-refractivity contribution in [3.8, 4) is 0 Å². The Bertz CT molecular complexity index is 918. The van der Waals surface area contributed by atoms with Crippen LogP contribution in [0.4, 0.5) is 0 Å². The highest BCUT2D eigenvalue weighted by Gasteiger charge is 2.59. The smallest absolute Gasteiger partial charge is 0.290 e. The van der Waals surface area contributed by atoms with Crippen molar-refractivity contribution in [2.75, 3.05) is 0 Å². The standard InChI is InChI=1S/2C12H19O4P.H2O4S/c2*1-5-9(13)17(10(14)6-2,11(15)7-3)12(16)8-4;1-5(2,3)4/h2*5-8H,1-4H3,(H3-,13,14,15,16);(H2,1,2,3,4). The van der Waals surface area contributed by atoms with E-state index >= 15 is 0 Å². The van der Waals surface area contributed by atoms with Crippen molar-refractivity contribution in [2.24, 2.45) is 0 Å². The van der Waals surface area contributed by atoms with Crippen LogP contribution in [0.3, 0.4) is 0 Å². The van der Waals surface area contributed by atoms with E-state index in [4.69, 9.17) is 17.5 Å². The first-order valence-corrected chi connectivity index (χ1v) is 16.1. The molecule has 0 spiro atoms. The Kier molecular flexibility index (Phi) is 19.1. The highest BCUT2D eigenvalue weighted by molar-refractivity contribution is 7.90. The molecule has 0 radical (unpaired) electrons. The van der Waals surface area contributed by atoms with Crippen LogP contribution in [0, 0.1) is 0 Å². The molecule has 39 heavy (non-hydrogen) atoms. The Morgan fingerprint density at radius 3 is 0.538 bits per heavy atom. The third kappa shape index (κ3) is 10.3. The molecule has 0 unspecified atom stereocenters. The predicted octanol–water partition coefficient (Wildman–Crippen LogP) is 8.02. The molecule has 0 aromatic carbocycles. The Hall–Kier alpha value is -2.95. The topological polar surface area (TPSA) is 242 Å². The second kappa shape index (κ2) is 18.4. The van der Waals surface area contributed by atoms with Gasteiger partial charge in [-0.25, -0.2) is 0 Å². The van der Waals surface area contributed by atoms with Gasteiger partial charge in [-0.05, 0) is 104 Å². The average molecular weight is 615 g/mol. The van der Waals surface area contributed by atoms with Crippen molar-refractivity contribution >= 4 is 24.9 Å². The maximum absolute atomic E-state index is 9.98. The van der Waals surface area contributed by atoms with Gasteiger partial charge in [0.25, 0.3) is 58.5 Å². The van der Waals surface area contributed by atoms with E-state index in [1.807, 2.05) is 0 Å². The van der Waals surface area contributed by atoms with Gasteiger partial charge in [0.05, 0.1) is 0 Å². The molecule has 0 heterocycles. The third-order valence-electron chi connectivity index (χ3n) is 4.81. The Morgan fingerprint density at radius 2 is 0.487 bits per heavy atom. The number of hydrogen-bond donors (Lipinski definition) is 8. The van der Waals surface area contributed by atoms with Crippen molar-refractivity contribution in [1.29, 1.82) is 0 Å². The molecule has 8 N–H and O–H groups in total. The van der Waals surface area contributed by atoms with Crippen molar-refractivity contribution in [3.05, 3.63) is 92.6 Å². The third-order valence-corrected chi connectivity index (χ3v) is 12.4. The minimum Gasteiger partial charge on any atom is -0.759 e. The molecule has 0 fully saturated rings. The SMILES string of the molecule is CC=C(O)[P+](C(O)=CC)(C(O)=CC)C(O)=CC.CC=C(O)[P+](C(O)=CC)(C(O)=CC)C(O)=CC.O=S(=O)([O-])[O-]. The molecule has 224 valence electrons. The summed E-state index contributed by atoms with van der Waals surface area (Å²) in [5, 5.41) is 79.8. The first-order valence-electron chi connectivity index (χ1n) is 11.2. The summed E-state index contributed by atoms with van der Waals surface area (Å²) >= 11 is 0. The highest BCUT2D eigenvalue weighted by Crippen LogP contribution is 2.80. The number of aliphatic hydroxyl groups excluding tert-OH is 8. The normalized spacial score (nSPS) is 18.1. The molecule has 0 amide bonds. The van der Waals surface area contributed by atoms with Gasteiger partial charge in [0.15, 0.2) is 0 Å². The van der Waals surface area contributed by atoms with Gasteiger partial charge in [0, 0.05) is 10.4 Å². The molecule has 0 aliphatic carbocycles. The van der Waals surface area contributed by atoms with Gasteiger partial charge < -0.3 is 50.0 Å². The first-order chi connectivity index (χ1) is 17.9. The van der Waals surface area contributed by atoms with E-state index in [1.54, 1.807) is 55.4 Å². The van der Waals surface area contributed by atoms with Crippen LogP contribution in [0.25, 0.3) is 0 Å². The predicted molar refractivity (Wildman–Crippen MR) is 155 cm³/mol. The Labute approximate surface area is 231 Å². The second-order valence-corrected chi connectivity index (χ2v) is 14.1. The maximum atomic E-state index is 9.98. The lowest BCUT2D eigenvalue weighted by Gasteiger charge is -2.21. The van der Waals surface area contributed by atoms with Gasteiger partial charge in [-0.1, -0.05) is 0 Å². The molecule has 0 atom stereocenters. The maximum Gasteiger partial charge on any atom is 0.290 e. The minimum absolute atomic E-state index is 0.237. The van der Waals surface area contributed by atoms with Crippen LogP contribution in [-0.4, -0.2) is 58.4 Å². The molecule has 0 aromatic rings. The minimum atomic E-state index is -5.17. The van der Waals surface area contributed by atoms with Crippen LogP contribution < -0.4 is 0 Å². The molecule has 15 heteroatoms. The van der Waals surface area contributed by atoms with Crippen molar-refractivity contribution < 1.29 is 58.4 Å². The first kappa shape index (κ1) is 40.5. The fraction of sp³-hybridized carbons (Fsp3) is 0.333. The number of allylic oxidation sites excluding steroid dienone is 8. The summed E-state index contributed by atoms with van der Waals surface area (Å²) in [6.45, 7) is 12.5. The summed E-state index contributed by atoms with van der Waals surface area (Å²) in [4.78, 5) is 0. The quantitative estimate of drug-likeness (QED) is 0.0560. The summed E-state index contributed by atoms with van der Waals surface area (Å²) in [5.41, 5.74) is -1.89. The van der Waals surface area contributed by atoms with Gasteiger partial charge in [0.1, 0.15) is 0 Å². The molecule has 0 rings (SSSR count). The summed E-state index contributed by atoms with van der Waals surface area (Å²) in [6.07, 6.45) is 10.8. The van der Waals surface area contributed by atoms with Crippen molar-refractivity contribution in [2.45, 2.75) is 55.4 Å². The van der Waals surface area contributed by atoms with Crippen molar-refractivity contribution in [3.63, 3.8) is 0 Å². The van der Waals surface area contributed by atoms with E-state index in [-0.39, 0.29) is 44.0 Å². The molecule has 0 saturated heterocycles. The largest absolute Gasteiger partial charge is 0.759 e. The summed E-state index contributed by atoms with van der Waals surface area (Å²) < 4.78 is 34.1. The fourth-order valence-electron chi connectivity index (χ4n) is 2.96. The Morgan fingerprint density at radius 1 is 0.410 bits per heavy atom. The molecule has 0 aromatic heterocycles. The lowest BCUT2D eigenvalue weighted by Crippen LogP contribution is -2.06. The highest BCUT2D eigenvalue weighted by atomic mass is 32.3. The fourth-order valence-corrected chi connectivity index (χ4v) is 8.87. The number of hydrogen-bond acceptors (Lipinski definition) is 12. The molecule has 0 aliphatic heterocycles. The van der Waals surface area contributed by atoms with E-state index in [9.17, 15) is 40.9 Å². The van der Waals surface area contributed by atoms with E-state index in [0.29, 0.717) is 0 Å². The second-order valence-electron chi connectivity index (χ2n) is 6.92. The van der Waals surface area contributed by atoms with Crippen LogP contribution in [0.1, 0.15) is 55.4 Å². The van der Waals surface area contributed by atoms with Gasteiger partial charge in [-0.2, -0.15) is 0 Å². The summed E-state index contributed by atoms with van der Waals surface area (Å²) in [7, 11) is -11.6. The van der Waals surface area contributed by atoms with Crippen LogP contribution in [0.2, 0.25) is 0 Å². The van der Waals surface area contributed by atoms with Gasteiger partial charge in [-0.15, -0.1) is 0 Å². The molecular weight excluding hydrogens is 574 g/mol. The van der Waals surface area contributed by atoms with E-state index in [1.165, 1.54) is 48.6 Å². The molecule has 0 bridgehead atoms. The summed E-state index contributed by atoms with van der Waals surface area (Å²) in [6, 6.07) is 0. The van der Waals surface area contributed by atoms with Gasteiger partial charge in [0.2, 0.25) is 0 Å². The van der Waals surface area contributed by atoms with Crippen LogP contribution in [-0.2, 0) is 10.4 Å². The molecular formula is C24H40O12P2S. The van der Waals surface area contributed by atoms with Crippen molar-refractivity contribution in [1.82, 2.24) is 0 Å². The average Bonchev–Trinajstić information content (AvgIpc) is 2.91. The number of rotatable bonds is 8. The van der Waals surface area contributed by atoms with Gasteiger partial charge in [-0.3, -0.25) is 8.42 Å². The van der Waals surface area contributed by atoms with E-state index in [0.717, 1.165) is 0 Å². The van der Waals surface area contributed by atoms with E-state index in [2.05, 4.69) is 0 Å². The van der Waals surface area contributed by atoms with Gasteiger partial charge >= 0.3 is 0 Å². The zero-order valence-corrected chi connectivity index (χ0v) is 25.7. The van der Waals surface area contributed by atoms with Crippen LogP contribution in [0.5, 0.6) is 0 Å². The lowest BCUT2D eigenvalue weighted by atomic mass is 10.7. The molecule has 0 saturated carbocycles. The lowest BCUT2D eigenvalue weighted by molar-refractivity contribution is 0.352. The monoisotopic (exact) mass is 614 g/mol. The molecule has 12 nitrogen and oxygen atoms in total. The number of aliphatic hydroxyl groups is 8. The van der Waals surface area contributed by atoms with Crippen LogP contribution >= 0.6 is 14.5 Å². The molecule has 0 aliphatic rings. The Balaban J connectivity index is -0.000000566. The zero-order valence-electron chi connectivity index (χ0n) is 23.1. The zero-order chi connectivity index (χ0) is 31.8. The van der Waals surface area contributed by atoms with E-state index < -0.39 is 24.9 Å². The van der Waals surface area contributed by atoms with Crippen LogP contribution in [0.15, 0.2) is 92.6 Å². The summed E-state index contributed by atoms with van der Waals surface area (Å²) in [5.74, 6) is 0.